The van der Waals surface area contributed by atoms with Crippen LogP contribution in [0.15, 0.2) is 24.3 Å². The lowest BCUT2D eigenvalue weighted by Crippen LogP contribution is -2.54. The predicted octanol–water partition coefficient (Wildman–Crippen LogP) is 2.95. The van der Waals surface area contributed by atoms with Crippen molar-refractivity contribution >= 4 is 11.9 Å². The number of carboxylic acid groups (broad SMARTS) is 1. The normalized spacial score (nSPS) is 23.1. The summed E-state index contributed by atoms with van der Waals surface area (Å²) in [5.41, 5.74) is -2.70. The van der Waals surface area contributed by atoms with Crippen molar-refractivity contribution in [3.8, 4) is 0 Å². The topological polar surface area (TPSA) is 75.6 Å². The van der Waals surface area contributed by atoms with Crippen LogP contribution in [0, 0.1) is 0 Å². The molecule has 2 rings (SSSR count). The van der Waals surface area contributed by atoms with E-state index in [1.807, 2.05) is 0 Å². The highest BCUT2D eigenvalue weighted by molar-refractivity contribution is 6.05. The zero-order chi connectivity index (χ0) is 18.8. The number of hydrogen-bond acceptors (Lipinski definition) is 3. The number of rotatable bonds is 5. The molecule has 138 valence electrons. The number of amides is 1. The monoisotopic (exact) mass is 359 g/mol. The summed E-state index contributed by atoms with van der Waals surface area (Å²) in [6.07, 6.45) is -2.90. The van der Waals surface area contributed by atoms with Gasteiger partial charge in [-0.3, -0.25) is 4.79 Å². The van der Waals surface area contributed by atoms with Crippen molar-refractivity contribution in [2.24, 2.45) is 0 Å². The summed E-state index contributed by atoms with van der Waals surface area (Å²) in [4.78, 5) is 23.6. The third-order valence-corrected chi connectivity index (χ3v) is 4.75. The van der Waals surface area contributed by atoms with Crippen LogP contribution in [-0.4, -0.2) is 35.7 Å². The first-order chi connectivity index (χ1) is 11.6. The minimum atomic E-state index is -4.49. The van der Waals surface area contributed by atoms with Gasteiger partial charge in [0, 0.05) is 19.1 Å². The molecule has 1 aliphatic rings. The molecule has 2 N–H and O–H groups in total. The SMILES string of the molecule is COC(C)(C(=O)O)C(=O)NC1CCCC1c1ccccc1C(F)(F)F. The van der Waals surface area contributed by atoms with E-state index in [9.17, 15) is 27.9 Å². The van der Waals surface area contributed by atoms with Crippen LogP contribution in [0.25, 0.3) is 0 Å². The Morgan fingerprint density at radius 1 is 1.24 bits per heavy atom. The average Bonchev–Trinajstić information content (AvgIpc) is 3.00. The van der Waals surface area contributed by atoms with Gasteiger partial charge in [0.15, 0.2) is 0 Å². The van der Waals surface area contributed by atoms with Gasteiger partial charge in [-0.05, 0) is 31.4 Å². The Morgan fingerprint density at radius 3 is 2.44 bits per heavy atom. The zero-order valence-corrected chi connectivity index (χ0v) is 13.9. The number of carbonyl (C=O) groups is 2. The Kier molecular flexibility index (Phi) is 5.41. The van der Waals surface area contributed by atoms with Crippen LogP contribution in [-0.2, 0) is 20.5 Å². The summed E-state index contributed by atoms with van der Waals surface area (Å²) in [5.74, 6) is -2.86. The third-order valence-electron chi connectivity index (χ3n) is 4.75. The van der Waals surface area contributed by atoms with E-state index in [0.29, 0.717) is 19.3 Å². The van der Waals surface area contributed by atoms with Crippen molar-refractivity contribution in [2.45, 2.75) is 49.9 Å². The van der Waals surface area contributed by atoms with E-state index >= 15 is 0 Å². The molecule has 1 aromatic carbocycles. The molecule has 0 aliphatic heterocycles. The summed E-state index contributed by atoms with van der Waals surface area (Å²) in [5, 5.41) is 11.7. The maximum absolute atomic E-state index is 13.3. The van der Waals surface area contributed by atoms with Crippen molar-refractivity contribution in [3.63, 3.8) is 0 Å². The number of ether oxygens (including phenoxy) is 1. The standard InChI is InChI=1S/C17H20F3NO4/c1-16(25-2,15(23)24)14(22)21-13-9-5-7-11(13)10-6-3-4-8-12(10)17(18,19)20/h3-4,6,8,11,13H,5,7,9H2,1-2H3,(H,21,22)(H,23,24). The fourth-order valence-corrected chi connectivity index (χ4v) is 3.17. The molecule has 0 aromatic heterocycles. The highest BCUT2D eigenvalue weighted by Crippen LogP contribution is 2.41. The van der Waals surface area contributed by atoms with E-state index < -0.39 is 41.2 Å². The number of nitrogens with one attached hydrogen (secondary N) is 1. The Labute approximate surface area is 143 Å². The minimum absolute atomic E-state index is 0.118. The third kappa shape index (κ3) is 3.78. The second kappa shape index (κ2) is 7.03. The van der Waals surface area contributed by atoms with Crippen molar-refractivity contribution in [1.82, 2.24) is 5.32 Å². The smallest absolute Gasteiger partial charge is 0.416 e. The van der Waals surface area contributed by atoms with Gasteiger partial charge in [0.1, 0.15) is 0 Å². The molecule has 0 spiro atoms. The number of carbonyl (C=O) groups excluding carboxylic acids is 1. The lowest BCUT2D eigenvalue weighted by molar-refractivity contribution is -0.168. The average molecular weight is 359 g/mol. The quantitative estimate of drug-likeness (QED) is 0.793. The predicted molar refractivity (Wildman–Crippen MR) is 83.0 cm³/mol. The van der Waals surface area contributed by atoms with Crippen LogP contribution >= 0.6 is 0 Å². The maximum Gasteiger partial charge on any atom is 0.416 e. The molecule has 1 fully saturated rings. The van der Waals surface area contributed by atoms with Crippen molar-refractivity contribution in [2.75, 3.05) is 7.11 Å². The molecular formula is C17H20F3NO4. The number of alkyl halides is 3. The fraction of sp³-hybridized carbons (Fsp3) is 0.529. The summed E-state index contributed by atoms with van der Waals surface area (Å²) in [7, 11) is 1.10. The van der Waals surface area contributed by atoms with Crippen LogP contribution in [0.5, 0.6) is 0 Å². The molecule has 0 bridgehead atoms. The van der Waals surface area contributed by atoms with Crippen LogP contribution in [0.1, 0.15) is 43.2 Å². The summed E-state index contributed by atoms with van der Waals surface area (Å²) in [6, 6.07) is 4.69. The van der Waals surface area contributed by atoms with E-state index in [1.54, 1.807) is 0 Å². The van der Waals surface area contributed by atoms with Gasteiger partial charge in [0.05, 0.1) is 5.56 Å². The van der Waals surface area contributed by atoms with Gasteiger partial charge in [0.25, 0.3) is 5.91 Å². The molecule has 0 radical (unpaired) electrons. The Hall–Kier alpha value is -2.09. The molecule has 1 amide bonds. The molecule has 3 unspecified atom stereocenters. The van der Waals surface area contributed by atoms with E-state index in [-0.39, 0.29) is 5.56 Å². The van der Waals surface area contributed by atoms with E-state index in [0.717, 1.165) is 20.1 Å². The van der Waals surface area contributed by atoms with Gasteiger partial charge in [-0.1, -0.05) is 24.6 Å². The maximum atomic E-state index is 13.3. The van der Waals surface area contributed by atoms with Crippen LogP contribution in [0.4, 0.5) is 13.2 Å². The second-order valence-corrected chi connectivity index (χ2v) is 6.24. The summed E-state index contributed by atoms with van der Waals surface area (Å²) >= 11 is 0. The van der Waals surface area contributed by atoms with Crippen molar-refractivity contribution in [3.05, 3.63) is 35.4 Å². The van der Waals surface area contributed by atoms with Gasteiger partial charge in [0.2, 0.25) is 5.60 Å². The number of halogens is 3. The van der Waals surface area contributed by atoms with E-state index in [2.05, 4.69) is 5.32 Å². The second-order valence-electron chi connectivity index (χ2n) is 6.24. The first kappa shape index (κ1) is 19.2. The Morgan fingerprint density at radius 2 is 1.88 bits per heavy atom. The first-order valence-corrected chi connectivity index (χ1v) is 7.87. The van der Waals surface area contributed by atoms with Gasteiger partial charge in [-0.15, -0.1) is 0 Å². The van der Waals surface area contributed by atoms with Crippen LogP contribution < -0.4 is 5.32 Å². The van der Waals surface area contributed by atoms with Crippen LogP contribution in [0.3, 0.4) is 0 Å². The zero-order valence-electron chi connectivity index (χ0n) is 13.9. The molecule has 0 heterocycles. The molecule has 8 heteroatoms. The molecule has 1 saturated carbocycles. The molecule has 5 nitrogen and oxygen atoms in total. The van der Waals surface area contributed by atoms with Gasteiger partial charge >= 0.3 is 12.1 Å². The molecule has 25 heavy (non-hydrogen) atoms. The van der Waals surface area contributed by atoms with Crippen molar-refractivity contribution in [1.29, 1.82) is 0 Å². The van der Waals surface area contributed by atoms with Gasteiger partial charge in [-0.25, -0.2) is 4.79 Å². The Balaban J connectivity index is 2.28. The molecular weight excluding hydrogens is 339 g/mol. The first-order valence-electron chi connectivity index (χ1n) is 7.87. The van der Waals surface area contributed by atoms with Gasteiger partial charge in [-0.2, -0.15) is 13.2 Å². The summed E-state index contributed by atoms with van der Waals surface area (Å²) in [6.45, 7) is 1.11. The number of hydrogen-bond donors (Lipinski definition) is 2. The Bertz CT molecular complexity index is 662. The number of carboxylic acids is 1. The molecule has 0 saturated heterocycles. The number of methoxy groups -OCH3 is 1. The highest BCUT2D eigenvalue weighted by Gasteiger charge is 2.45. The lowest BCUT2D eigenvalue weighted by atomic mass is 9.89. The molecule has 1 aliphatic carbocycles. The summed E-state index contributed by atoms with van der Waals surface area (Å²) < 4.78 is 44.6. The minimum Gasteiger partial charge on any atom is -0.479 e. The van der Waals surface area contributed by atoms with E-state index in [1.165, 1.54) is 18.2 Å². The number of aliphatic carboxylic acids is 1. The largest absolute Gasteiger partial charge is 0.479 e. The molecule has 3 atom stereocenters. The van der Waals surface area contributed by atoms with Crippen LogP contribution in [0.2, 0.25) is 0 Å². The van der Waals surface area contributed by atoms with Crippen molar-refractivity contribution < 1.29 is 32.6 Å². The van der Waals surface area contributed by atoms with E-state index in [4.69, 9.17) is 4.74 Å². The lowest BCUT2D eigenvalue weighted by Gasteiger charge is -2.28. The number of benzene rings is 1. The molecule has 1 aromatic rings. The fourth-order valence-electron chi connectivity index (χ4n) is 3.17. The highest BCUT2D eigenvalue weighted by atomic mass is 19.4. The van der Waals surface area contributed by atoms with Gasteiger partial charge < -0.3 is 15.2 Å².